The van der Waals surface area contributed by atoms with Crippen molar-refractivity contribution in [2.45, 2.75) is 25.9 Å². The molecule has 0 aromatic rings. The van der Waals surface area contributed by atoms with E-state index in [9.17, 15) is 0 Å². The third kappa shape index (κ3) is 3.37. The largest absolute Gasteiger partial charge is 0.374 e. The normalized spacial score (nSPS) is 25.6. The van der Waals surface area contributed by atoms with Gasteiger partial charge in [0.1, 0.15) is 0 Å². The van der Waals surface area contributed by atoms with Crippen LogP contribution in [0, 0.1) is 5.92 Å². The Morgan fingerprint density at radius 2 is 2.58 bits per heavy atom. The fourth-order valence-electron chi connectivity index (χ4n) is 1.45. The van der Waals surface area contributed by atoms with Crippen molar-refractivity contribution in [3.8, 4) is 0 Å². The van der Waals surface area contributed by atoms with Gasteiger partial charge in [-0.1, -0.05) is 6.08 Å². The molecule has 1 saturated heterocycles. The molecule has 2 unspecified atom stereocenters. The fraction of sp³-hybridized carbons (Fsp3) is 0.800. The van der Waals surface area contributed by atoms with Crippen LogP contribution < -0.4 is 5.32 Å². The lowest BCUT2D eigenvalue weighted by Gasteiger charge is -2.11. The minimum atomic E-state index is 0.208. The van der Waals surface area contributed by atoms with Gasteiger partial charge in [0.05, 0.1) is 6.10 Å². The van der Waals surface area contributed by atoms with Gasteiger partial charge in [0.2, 0.25) is 0 Å². The van der Waals surface area contributed by atoms with E-state index < -0.39 is 0 Å². The van der Waals surface area contributed by atoms with Crippen LogP contribution in [-0.2, 0) is 4.74 Å². The van der Waals surface area contributed by atoms with Crippen molar-refractivity contribution in [3.63, 3.8) is 0 Å². The van der Waals surface area contributed by atoms with Crippen LogP contribution in [0.5, 0.6) is 0 Å². The van der Waals surface area contributed by atoms with Crippen LogP contribution in [0.3, 0.4) is 0 Å². The van der Waals surface area contributed by atoms with Crippen LogP contribution in [0.25, 0.3) is 0 Å². The summed E-state index contributed by atoms with van der Waals surface area (Å²) in [6, 6.07) is 0. The standard InChI is InChI=1S/C10H19NO/c1-3-9(2)12-7-5-10-4-6-11-8-10/h3,9-11H,1,4-8H2,2H3. The van der Waals surface area contributed by atoms with E-state index in [1.165, 1.54) is 25.9 Å². The molecule has 1 aliphatic heterocycles. The predicted octanol–water partition coefficient (Wildman–Crippen LogP) is 1.58. The maximum Gasteiger partial charge on any atom is 0.0725 e. The summed E-state index contributed by atoms with van der Waals surface area (Å²) in [6.07, 6.45) is 4.54. The maximum atomic E-state index is 5.51. The molecule has 1 rings (SSSR count). The zero-order chi connectivity index (χ0) is 8.81. The van der Waals surface area contributed by atoms with Gasteiger partial charge in [0.15, 0.2) is 0 Å². The first-order valence-corrected chi connectivity index (χ1v) is 4.78. The molecule has 2 atom stereocenters. The molecular formula is C10H19NO. The molecule has 12 heavy (non-hydrogen) atoms. The minimum Gasteiger partial charge on any atom is -0.374 e. The smallest absolute Gasteiger partial charge is 0.0725 e. The highest BCUT2D eigenvalue weighted by atomic mass is 16.5. The summed E-state index contributed by atoms with van der Waals surface area (Å²) in [5, 5.41) is 3.35. The van der Waals surface area contributed by atoms with Gasteiger partial charge >= 0.3 is 0 Å². The zero-order valence-electron chi connectivity index (χ0n) is 7.88. The lowest BCUT2D eigenvalue weighted by atomic mass is 10.1. The Morgan fingerprint density at radius 1 is 1.75 bits per heavy atom. The zero-order valence-corrected chi connectivity index (χ0v) is 7.88. The lowest BCUT2D eigenvalue weighted by molar-refractivity contribution is 0.0875. The molecular weight excluding hydrogens is 150 g/mol. The summed E-state index contributed by atoms with van der Waals surface area (Å²) in [6.45, 7) is 8.93. The summed E-state index contributed by atoms with van der Waals surface area (Å²) >= 11 is 0. The van der Waals surface area contributed by atoms with E-state index in [-0.39, 0.29) is 6.10 Å². The van der Waals surface area contributed by atoms with E-state index >= 15 is 0 Å². The number of hydrogen-bond donors (Lipinski definition) is 1. The molecule has 0 saturated carbocycles. The summed E-state index contributed by atoms with van der Waals surface area (Å²) in [5.41, 5.74) is 0. The monoisotopic (exact) mass is 169 g/mol. The topological polar surface area (TPSA) is 21.3 Å². The van der Waals surface area contributed by atoms with Crippen molar-refractivity contribution in [1.82, 2.24) is 5.32 Å². The molecule has 0 aromatic heterocycles. The third-order valence-electron chi connectivity index (χ3n) is 2.40. The molecule has 0 amide bonds. The Bertz CT molecular complexity index is 130. The highest BCUT2D eigenvalue weighted by Crippen LogP contribution is 2.12. The maximum absolute atomic E-state index is 5.51. The van der Waals surface area contributed by atoms with Crippen LogP contribution >= 0.6 is 0 Å². The Labute approximate surface area is 75.0 Å². The molecule has 0 spiro atoms. The lowest BCUT2D eigenvalue weighted by Crippen LogP contribution is -2.12. The molecule has 1 N–H and O–H groups in total. The molecule has 1 fully saturated rings. The van der Waals surface area contributed by atoms with Gasteiger partial charge in [0.25, 0.3) is 0 Å². The van der Waals surface area contributed by atoms with E-state index in [1.807, 2.05) is 13.0 Å². The average Bonchev–Trinajstić information content (AvgIpc) is 2.57. The number of ether oxygens (including phenoxy) is 1. The summed E-state index contributed by atoms with van der Waals surface area (Å²) in [4.78, 5) is 0. The molecule has 0 aliphatic carbocycles. The highest BCUT2D eigenvalue weighted by Gasteiger charge is 2.13. The Morgan fingerprint density at radius 3 is 3.17 bits per heavy atom. The van der Waals surface area contributed by atoms with Crippen molar-refractivity contribution in [3.05, 3.63) is 12.7 Å². The molecule has 1 heterocycles. The highest BCUT2D eigenvalue weighted by molar-refractivity contribution is 4.76. The summed E-state index contributed by atoms with van der Waals surface area (Å²) in [5.74, 6) is 0.835. The molecule has 0 radical (unpaired) electrons. The SMILES string of the molecule is C=CC(C)OCCC1CCNC1. The first kappa shape index (κ1) is 9.75. The van der Waals surface area contributed by atoms with Gasteiger partial charge in [-0.25, -0.2) is 0 Å². The van der Waals surface area contributed by atoms with Gasteiger partial charge in [-0.2, -0.15) is 0 Å². The van der Waals surface area contributed by atoms with Crippen LogP contribution in [0.1, 0.15) is 19.8 Å². The molecule has 1 aliphatic rings. The van der Waals surface area contributed by atoms with E-state index in [1.54, 1.807) is 0 Å². The number of hydrogen-bond acceptors (Lipinski definition) is 2. The second-order valence-corrected chi connectivity index (χ2v) is 3.46. The van der Waals surface area contributed by atoms with Crippen molar-refractivity contribution in [2.24, 2.45) is 5.92 Å². The molecule has 70 valence electrons. The number of rotatable bonds is 5. The van der Waals surface area contributed by atoms with Gasteiger partial charge in [-0.3, -0.25) is 0 Å². The first-order valence-electron chi connectivity index (χ1n) is 4.78. The summed E-state index contributed by atoms with van der Waals surface area (Å²) < 4.78 is 5.51. The molecule has 0 bridgehead atoms. The van der Waals surface area contributed by atoms with Gasteiger partial charge in [-0.15, -0.1) is 6.58 Å². The quantitative estimate of drug-likeness (QED) is 0.631. The van der Waals surface area contributed by atoms with Crippen molar-refractivity contribution < 1.29 is 4.74 Å². The molecule has 0 aromatic carbocycles. The van der Waals surface area contributed by atoms with Crippen molar-refractivity contribution in [1.29, 1.82) is 0 Å². The predicted molar refractivity (Wildman–Crippen MR) is 51.2 cm³/mol. The number of nitrogens with one attached hydrogen (secondary N) is 1. The average molecular weight is 169 g/mol. The fourth-order valence-corrected chi connectivity index (χ4v) is 1.45. The van der Waals surface area contributed by atoms with Gasteiger partial charge in [0, 0.05) is 6.61 Å². The van der Waals surface area contributed by atoms with Crippen LogP contribution in [-0.4, -0.2) is 25.8 Å². The van der Waals surface area contributed by atoms with Gasteiger partial charge < -0.3 is 10.1 Å². The summed E-state index contributed by atoms with van der Waals surface area (Å²) in [7, 11) is 0. The molecule has 2 nitrogen and oxygen atoms in total. The van der Waals surface area contributed by atoms with E-state index in [2.05, 4.69) is 11.9 Å². The van der Waals surface area contributed by atoms with Crippen LogP contribution in [0.4, 0.5) is 0 Å². The first-order chi connectivity index (χ1) is 5.83. The van der Waals surface area contributed by atoms with E-state index in [4.69, 9.17) is 4.74 Å². The van der Waals surface area contributed by atoms with Gasteiger partial charge in [-0.05, 0) is 38.8 Å². The van der Waals surface area contributed by atoms with Crippen LogP contribution in [0.2, 0.25) is 0 Å². The van der Waals surface area contributed by atoms with E-state index in [0.29, 0.717) is 0 Å². The molecule has 2 heteroatoms. The van der Waals surface area contributed by atoms with E-state index in [0.717, 1.165) is 12.5 Å². The van der Waals surface area contributed by atoms with Crippen LogP contribution in [0.15, 0.2) is 12.7 Å². The Kier molecular flexibility index (Phi) is 4.33. The van der Waals surface area contributed by atoms with Crippen molar-refractivity contribution in [2.75, 3.05) is 19.7 Å². The minimum absolute atomic E-state index is 0.208. The third-order valence-corrected chi connectivity index (χ3v) is 2.40. The second-order valence-electron chi connectivity index (χ2n) is 3.46. The Balaban J connectivity index is 1.97. The van der Waals surface area contributed by atoms with Crippen molar-refractivity contribution >= 4 is 0 Å². The Hall–Kier alpha value is -0.340. The second kappa shape index (κ2) is 5.33.